The van der Waals surface area contributed by atoms with Crippen molar-refractivity contribution in [2.45, 2.75) is 18.7 Å². The van der Waals surface area contributed by atoms with Crippen LogP contribution in [0.2, 0.25) is 5.02 Å². The standard InChI is InChI=1S/C17H17ClN2O4S/c1-4-10-19(16-7-5-6-15(18)13(16)3)25(23,24)14-9-8-12(2)17(11-14)20(21)22/h4-9,11H,1,10H2,2-3H3. The third-order valence-corrected chi connectivity index (χ3v) is 5.95. The largest absolute Gasteiger partial charge is 0.273 e. The number of anilines is 1. The number of benzene rings is 2. The molecule has 0 unspecified atom stereocenters. The zero-order valence-electron chi connectivity index (χ0n) is 13.8. The summed E-state index contributed by atoms with van der Waals surface area (Å²) in [5.74, 6) is 0. The van der Waals surface area contributed by atoms with Crippen molar-refractivity contribution in [3.05, 3.63) is 75.3 Å². The molecule has 0 saturated heterocycles. The highest BCUT2D eigenvalue weighted by Gasteiger charge is 2.28. The van der Waals surface area contributed by atoms with Crippen LogP contribution in [0.25, 0.3) is 0 Å². The maximum absolute atomic E-state index is 13.1. The monoisotopic (exact) mass is 380 g/mol. The van der Waals surface area contributed by atoms with Gasteiger partial charge in [0.25, 0.3) is 15.7 Å². The number of hydrogen-bond acceptors (Lipinski definition) is 4. The molecule has 25 heavy (non-hydrogen) atoms. The Bertz CT molecular complexity index is 942. The molecule has 2 rings (SSSR count). The van der Waals surface area contributed by atoms with Crippen molar-refractivity contribution in [1.29, 1.82) is 0 Å². The van der Waals surface area contributed by atoms with Gasteiger partial charge < -0.3 is 0 Å². The summed E-state index contributed by atoms with van der Waals surface area (Å²) in [6.45, 7) is 6.86. The Labute approximate surface area is 151 Å². The molecule has 0 bridgehead atoms. The van der Waals surface area contributed by atoms with Crippen molar-refractivity contribution in [2.75, 3.05) is 10.8 Å². The van der Waals surface area contributed by atoms with E-state index in [0.717, 1.165) is 10.4 Å². The van der Waals surface area contributed by atoms with Crippen LogP contribution in [-0.2, 0) is 10.0 Å². The minimum Gasteiger partial charge on any atom is -0.262 e. The summed E-state index contributed by atoms with van der Waals surface area (Å²) >= 11 is 6.11. The molecule has 8 heteroatoms. The van der Waals surface area contributed by atoms with Crippen LogP contribution >= 0.6 is 11.6 Å². The fourth-order valence-corrected chi connectivity index (χ4v) is 4.07. The van der Waals surface area contributed by atoms with Gasteiger partial charge in [-0.2, -0.15) is 0 Å². The summed E-state index contributed by atoms with van der Waals surface area (Å²) in [6, 6.07) is 8.78. The Morgan fingerprint density at radius 3 is 2.56 bits per heavy atom. The Morgan fingerprint density at radius 2 is 1.96 bits per heavy atom. The minimum atomic E-state index is -4.03. The van der Waals surface area contributed by atoms with Gasteiger partial charge >= 0.3 is 0 Å². The normalized spacial score (nSPS) is 11.2. The smallest absolute Gasteiger partial charge is 0.262 e. The van der Waals surface area contributed by atoms with Crippen LogP contribution < -0.4 is 4.31 Å². The van der Waals surface area contributed by atoms with Gasteiger partial charge in [-0.15, -0.1) is 6.58 Å². The molecule has 2 aromatic rings. The number of halogens is 1. The Hall–Kier alpha value is -2.38. The second-order valence-electron chi connectivity index (χ2n) is 5.41. The number of sulfonamides is 1. The molecule has 132 valence electrons. The maximum Gasteiger partial charge on any atom is 0.273 e. The Balaban J connectivity index is 2.65. The molecule has 0 N–H and O–H groups in total. The van der Waals surface area contributed by atoms with Gasteiger partial charge in [0, 0.05) is 16.7 Å². The number of nitro groups is 1. The van der Waals surface area contributed by atoms with E-state index in [1.807, 2.05) is 0 Å². The molecule has 0 atom stereocenters. The van der Waals surface area contributed by atoms with Gasteiger partial charge in [-0.25, -0.2) is 8.42 Å². The topological polar surface area (TPSA) is 80.5 Å². The molecule has 0 aliphatic carbocycles. The lowest BCUT2D eigenvalue weighted by molar-refractivity contribution is -0.385. The van der Waals surface area contributed by atoms with E-state index in [1.54, 1.807) is 32.0 Å². The summed E-state index contributed by atoms with van der Waals surface area (Å²) in [5.41, 5.74) is 1.13. The molecule has 6 nitrogen and oxygen atoms in total. The summed E-state index contributed by atoms with van der Waals surface area (Å²) in [4.78, 5) is 10.4. The lowest BCUT2D eigenvalue weighted by atomic mass is 10.2. The summed E-state index contributed by atoms with van der Waals surface area (Å²) in [7, 11) is -4.03. The molecule has 0 radical (unpaired) electrons. The van der Waals surface area contributed by atoms with Crippen molar-refractivity contribution < 1.29 is 13.3 Å². The molecule has 0 aliphatic rings. The predicted octanol–water partition coefficient (Wildman–Crippen LogP) is 4.25. The fraction of sp³-hybridized carbons (Fsp3) is 0.176. The second-order valence-corrected chi connectivity index (χ2v) is 7.68. The molecule has 0 fully saturated rings. The van der Waals surface area contributed by atoms with E-state index in [1.165, 1.54) is 18.2 Å². The van der Waals surface area contributed by atoms with Gasteiger partial charge in [0.2, 0.25) is 0 Å². The van der Waals surface area contributed by atoms with Crippen molar-refractivity contribution in [2.24, 2.45) is 0 Å². The predicted molar refractivity (Wildman–Crippen MR) is 98.8 cm³/mol. The van der Waals surface area contributed by atoms with Gasteiger partial charge in [-0.1, -0.05) is 29.8 Å². The molecule has 2 aromatic carbocycles. The number of hydrogen-bond donors (Lipinski definition) is 0. The Kier molecular flexibility index (Phi) is 5.49. The molecule has 0 aromatic heterocycles. The summed E-state index contributed by atoms with van der Waals surface area (Å²) < 4.78 is 27.3. The van der Waals surface area contributed by atoms with Gasteiger partial charge in [-0.3, -0.25) is 14.4 Å². The zero-order valence-corrected chi connectivity index (χ0v) is 15.3. The average molecular weight is 381 g/mol. The first-order valence-corrected chi connectivity index (χ1v) is 9.15. The molecule has 0 amide bonds. The van der Waals surface area contributed by atoms with E-state index in [9.17, 15) is 18.5 Å². The fourth-order valence-electron chi connectivity index (χ4n) is 2.38. The molecule has 0 saturated carbocycles. The van der Waals surface area contributed by atoms with E-state index in [4.69, 9.17) is 11.6 Å². The van der Waals surface area contributed by atoms with Crippen LogP contribution in [0.15, 0.2) is 53.9 Å². The summed E-state index contributed by atoms with van der Waals surface area (Å²) in [6.07, 6.45) is 1.44. The van der Waals surface area contributed by atoms with Crippen LogP contribution in [0, 0.1) is 24.0 Å². The van der Waals surface area contributed by atoms with E-state index in [2.05, 4.69) is 6.58 Å². The molecular weight excluding hydrogens is 364 g/mol. The highest BCUT2D eigenvalue weighted by atomic mass is 35.5. The number of rotatable bonds is 6. The van der Waals surface area contributed by atoms with Crippen molar-refractivity contribution in [1.82, 2.24) is 0 Å². The van der Waals surface area contributed by atoms with Gasteiger partial charge in [0.05, 0.1) is 22.1 Å². The molecular formula is C17H17ClN2O4S. The van der Waals surface area contributed by atoms with E-state index < -0.39 is 14.9 Å². The number of nitro benzene ring substituents is 1. The van der Waals surface area contributed by atoms with E-state index in [-0.39, 0.29) is 17.1 Å². The van der Waals surface area contributed by atoms with Crippen molar-refractivity contribution in [3.8, 4) is 0 Å². The first kappa shape index (κ1) is 19.0. The zero-order chi connectivity index (χ0) is 18.8. The number of aryl methyl sites for hydroxylation is 1. The Morgan fingerprint density at radius 1 is 1.28 bits per heavy atom. The highest BCUT2D eigenvalue weighted by molar-refractivity contribution is 7.92. The molecule has 0 aliphatic heterocycles. The third-order valence-electron chi connectivity index (χ3n) is 3.77. The van der Waals surface area contributed by atoms with Crippen LogP contribution in [0.5, 0.6) is 0 Å². The van der Waals surface area contributed by atoms with Crippen molar-refractivity contribution in [3.63, 3.8) is 0 Å². The van der Waals surface area contributed by atoms with E-state index in [0.29, 0.717) is 21.8 Å². The number of nitrogens with zero attached hydrogens (tertiary/aromatic N) is 2. The average Bonchev–Trinajstić information content (AvgIpc) is 2.55. The van der Waals surface area contributed by atoms with Crippen LogP contribution in [0.4, 0.5) is 11.4 Å². The SMILES string of the molecule is C=CCN(c1cccc(Cl)c1C)S(=O)(=O)c1ccc(C)c([N+](=O)[O-])c1. The first-order chi connectivity index (χ1) is 11.7. The quantitative estimate of drug-likeness (QED) is 0.426. The molecule has 0 spiro atoms. The van der Waals surface area contributed by atoms with Gasteiger partial charge in [-0.05, 0) is 37.6 Å². The second kappa shape index (κ2) is 7.25. The van der Waals surface area contributed by atoms with Crippen molar-refractivity contribution >= 4 is 33.0 Å². The maximum atomic E-state index is 13.1. The van der Waals surface area contributed by atoms with Gasteiger partial charge in [0.1, 0.15) is 0 Å². The lowest BCUT2D eigenvalue weighted by Gasteiger charge is -2.25. The van der Waals surface area contributed by atoms with E-state index >= 15 is 0 Å². The van der Waals surface area contributed by atoms with Gasteiger partial charge in [0.15, 0.2) is 0 Å². The first-order valence-electron chi connectivity index (χ1n) is 7.34. The lowest BCUT2D eigenvalue weighted by Crippen LogP contribution is -2.31. The molecule has 0 heterocycles. The summed E-state index contributed by atoms with van der Waals surface area (Å²) in [5, 5.41) is 11.6. The van der Waals surface area contributed by atoms with Crippen LogP contribution in [0.1, 0.15) is 11.1 Å². The highest BCUT2D eigenvalue weighted by Crippen LogP contribution is 2.32. The van der Waals surface area contributed by atoms with Crippen LogP contribution in [-0.4, -0.2) is 19.9 Å². The van der Waals surface area contributed by atoms with Crippen LogP contribution in [0.3, 0.4) is 0 Å². The third kappa shape index (κ3) is 3.67. The minimum absolute atomic E-state index is 0.00515.